The summed E-state index contributed by atoms with van der Waals surface area (Å²) < 4.78 is 38.7. The third kappa shape index (κ3) is 5.94. The fourth-order valence-electron chi connectivity index (χ4n) is 2.78. The maximum absolute atomic E-state index is 13.9. The van der Waals surface area contributed by atoms with Gasteiger partial charge in [-0.3, -0.25) is 9.89 Å². The van der Waals surface area contributed by atoms with Gasteiger partial charge in [-0.05, 0) is 25.0 Å². The van der Waals surface area contributed by atoms with Crippen molar-refractivity contribution in [2.24, 2.45) is 4.99 Å². The number of aliphatic imine (C=N–C) groups is 1. The predicted octanol–water partition coefficient (Wildman–Crippen LogP) is 2.09. The Kier molecular flexibility index (Phi) is 7.07. The molecule has 5 nitrogen and oxygen atoms in total. The lowest BCUT2D eigenvalue weighted by Crippen LogP contribution is -2.49. The second kappa shape index (κ2) is 9.28. The van der Waals surface area contributed by atoms with Crippen molar-refractivity contribution < 1.29 is 13.2 Å². The molecule has 0 spiro atoms. The molecule has 0 bridgehead atoms. The van der Waals surface area contributed by atoms with Gasteiger partial charge in [0.25, 0.3) is 6.43 Å². The summed E-state index contributed by atoms with van der Waals surface area (Å²) in [5.41, 5.74) is 0.716. The van der Waals surface area contributed by atoms with Crippen molar-refractivity contribution in [1.82, 2.24) is 15.5 Å². The quantitative estimate of drug-likeness (QED) is 0.629. The Morgan fingerprint density at radius 1 is 1.40 bits per heavy atom. The van der Waals surface area contributed by atoms with E-state index in [0.717, 1.165) is 12.8 Å². The largest absolute Gasteiger partial charge is 0.354 e. The molecule has 0 aliphatic carbocycles. The summed E-state index contributed by atoms with van der Waals surface area (Å²) in [4.78, 5) is 5.87. The van der Waals surface area contributed by atoms with Crippen molar-refractivity contribution in [3.63, 3.8) is 0 Å². The predicted molar refractivity (Wildman–Crippen MR) is 89.9 cm³/mol. The molecule has 1 aromatic carbocycles. The van der Waals surface area contributed by atoms with Crippen LogP contribution in [0.15, 0.2) is 23.2 Å². The summed E-state index contributed by atoms with van der Waals surface area (Å²) >= 11 is 0. The van der Waals surface area contributed by atoms with Gasteiger partial charge >= 0.3 is 0 Å². The highest BCUT2D eigenvalue weighted by atomic mass is 19.3. The molecule has 1 aliphatic rings. The molecule has 0 aromatic heterocycles. The molecular formula is C17H22F3N5. The van der Waals surface area contributed by atoms with Crippen molar-refractivity contribution in [3.8, 4) is 6.07 Å². The van der Waals surface area contributed by atoms with E-state index in [1.807, 2.05) is 6.07 Å². The van der Waals surface area contributed by atoms with E-state index in [0.29, 0.717) is 24.6 Å². The maximum Gasteiger partial charge on any atom is 0.251 e. The monoisotopic (exact) mass is 353 g/mol. The number of nitriles is 1. The van der Waals surface area contributed by atoms with Gasteiger partial charge in [0, 0.05) is 38.3 Å². The van der Waals surface area contributed by atoms with E-state index in [-0.39, 0.29) is 24.7 Å². The first-order valence-electron chi connectivity index (χ1n) is 8.18. The van der Waals surface area contributed by atoms with Crippen molar-refractivity contribution >= 4 is 5.96 Å². The lowest BCUT2D eigenvalue weighted by atomic mass is 10.1. The Morgan fingerprint density at radius 2 is 2.12 bits per heavy atom. The third-order valence-corrected chi connectivity index (χ3v) is 4.18. The molecule has 1 aliphatic heterocycles. The van der Waals surface area contributed by atoms with Gasteiger partial charge in [-0.15, -0.1) is 0 Å². The van der Waals surface area contributed by atoms with E-state index in [2.05, 4.69) is 15.6 Å². The highest BCUT2D eigenvalue weighted by molar-refractivity contribution is 5.79. The van der Waals surface area contributed by atoms with E-state index in [4.69, 9.17) is 5.26 Å². The number of likely N-dealkylation sites (tertiary alicyclic amines) is 1. The van der Waals surface area contributed by atoms with Gasteiger partial charge in [0.05, 0.1) is 18.2 Å². The molecule has 25 heavy (non-hydrogen) atoms. The molecule has 1 saturated heterocycles. The Labute approximate surface area is 145 Å². The Morgan fingerprint density at radius 3 is 2.68 bits per heavy atom. The second-order valence-electron chi connectivity index (χ2n) is 5.95. The van der Waals surface area contributed by atoms with Gasteiger partial charge in [-0.2, -0.15) is 5.26 Å². The number of benzene rings is 1. The highest BCUT2D eigenvalue weighted by Gasteiger charge is 2.22. The van der Waals surface area contributed by atoms with Crippen LogP contribution in [0.3, 0.4) is 0 Å². The summed E-state index contributed by atoms with van der Waals surface area (Å²) in [6, 6.07) is 6.37. The number of piperidine rings is 1. The van der Waals surface area contributed by atoms with Crippen LogP contribution in [0, 0.1) is 17.1 Å². The summed E-state index contributed by atoms with van der Waals surface area (Å²) in [6.45, 7) is 1.28. The number of nitrogens with zero attached hydrogens (tertiary/aromatic N) is 3. The molecule has 1 heterocycles. The summed E-state index contributed by atoms with van der Waals surface area (Å²) in [7, 11) is 1.62. The highest BCUT2D eigenvalue weighted by Crippen LogP contribution is 2.12. The van der Waals surface area contributed by atoms with Crippen LogP contribution in [0.4, 0.5) is 13.2 Å². The molecule has 0 saturated carbocycles. The van der Waals surface area contributed by atoms with Crippen LogP contribution in [0.25, 0.3) is 0 Å². The summed E-state index contributed by atoms with van der Waals surface area (Å²) in [5.74, 6) is 0.0957. The molecule has 2 rings (SSSR count). The Bertz CT molecular complexity index is 634. The molecule has 136 valence electrons. The van der Waals surface area contributed by atoms with Gasteiger partial charge < -0.3 is 10.6 Å². The number of hydrogen-bond acceptors (Lipinski definition) is 3. The fourth-order valence-corrected chi connectivity index (χ4v) is 2.78. The smallest absolute Gasteiger partial charge is 0.251 e. The van der Waals surface area contributed by atoms with E-state index in [1.165, 1.54) is 6.07 Å². The van der Waals surface area contributed by atoms with Gasteiger partial charge in [0.2, 0.25) is 0 Å². The number of halogens is 3. The van der Waals surface area contributed by atoms with Crippen LogP contribution in [0.5, 0.6) is 0 Å². The second-order valence-corrected chi connectivity index (χ2v) is 5.95. The van der Waals surface area contributed by atoms with Crippen LogP contribution >= 0.6 is 0 Å². The van der Waals surface area contributed by atoms with Gasteiger partial charge in [-0.1, -0.05) is 6.07 Å². The topological polar surface area (TPSA) is 63.5 Å². The van der Waals surface area contributed by atoms with Crippen molar-refractivity contribution in [2.75, 3.05) is 26.7 Å². The molecule has 0 radical (unpaired) electrons. The normalized spacial score (nSPS) is 16.7. The van der Waals surface area contributed by atoms with Crippen molar-refractivity contribution in [3.05, 3.63) is 35.1 Å². The average Bonchev–Trinajstić information content (AvgIpc) is 2.60. The number of hydrogen-bond donors (Lipinski definition) is 2. The Hall–Kier alpha value is -2.27. The SMILES string of the molecule is CN=C(NCc1ccc(C#N)cc1F)NC1CCN(CC(F)F)CC1. The minimum Gasteiger partial charge on any atom is -0.354 e. The average molecular weight is 353 g/mol. The van der Waals surface area contributed by atoms with Crippen LogP contribution in [-0.2, 0) is 6.54 Å². The minimum atomic E-state index is -2.30. The molecule has 8 heteroatoms. The van der Waals surface area contributed by atoms with E-state index < -0.39 is 12.2 Å². The summed E-state index contributed by atoms with van der Waals surface area (Å²) in [6.07, 6.45) is -0.807. The number of alkyl halides is 2. The van der Waals surface area contributed by atoms with E-state index in [1.54, 1.807) is 24.1 Å². The van der Waals surface area contributed by atoms with Gasteiger partial charge in [-0.25, -0.2) is 13.2 Å². The fraction of sp³-hybridized carbons (Fsp3) is 0.529. The van der Waals surface area contributed by atoms with E-state index in [9.17, 15) is 13.2 Å². The van der Waals surface area contributed by atoms with E-state index >= 15 is 0 Å². The lowest BCUT2D eigenvalue weighted by Gasteiger charge is -2.32. The number of guanidine groups is 1. The molecule has 1 aromatic rings. The zero-order valence-corrected chi connectivity index (χ0v) is 14.1. The maximum atomic E-state index is 13.9. The minimum absolute atomic E-state index is 0.144. The summed E-state index contributed by atoms with van der Waals surface area (Å²) in [5, 5.41) is 15.0. The van der Waals surface area contributed by atoms with Crippen molar-refractivity contribution in [2.45, 2.75) is 31.9 Å². The number of nitrogens with one attached hydrogen (secondary N) is 2. The van der Waals surface area contributed by atoms with Crippen LogP contribution in [-0.4, -0.2) is 50.0 Å². The number of rotatable bonds is 5. The van der Waals surface area contributed by atoms with Crippen LogP contribution < -0.4 is 10.6 Å². The first-order valence-corrected chi connectivity index (χ1v) is 8.18. The first-order chi connectivity index (χ1) is 12.0. The zero-order valence-electron chi connectivity index (χ0n) is 14.1. The lowest BCUT2D eigenvalue weighted by molar-refractivity contribution is 0.0744. The molecule has 0 unspecified atom stereocenters. The third-order valence-electron chi connectivity index (χ3n) is 4.18. The van der Waals surface area contributed by atoms with Gasteiger partial charge in [0.15, 0.2) is 5.96 Å². The standard InChI is InChI=1S/C17H22F3N5/c1-22-17(23-10-13-3-2-12(9-21)8-15(13)18)24-14-4-6-25(7-5-14)11-16(19)20/h2-3,8,14,16H,4-7,10-11H2,1H3,(H2,22,23,24). The molecule has 2 N–H and O–H groups in total. The Balaban J connectivity index is 1.81. The molecule has 0 amide bonds. The van der Waals surface area contributed by atoms with Crippen LogP contribution in [0.2, 0.25) is 0 Å². The molecular weight excluding hydrogens is 331 g/mol. The molecule has 1 fully saturated rings. The molecule has 0 atom stereocenters. The zero-order chi connectivity index (χ0) is 18.2. The van der Waals surface area contributed by atoms with Crippen LogP contribution in [0.1, 0.15) is 24.0 Å². The van der Waals surface area contributed by atoms with Crippen molar-refractivity contribution in [1.29, 1.82) is 5.26 Å². The first kappa shape index (κ1) is 19.1. The van der Waals surface area contributed by atoms with Gasteiger partial charge in [0.1, 0.15) is 5.82 Å².